The third-order valence-corrected chi connectivity index (χ3v) is 5.30. The van der Waals surface area contributed by atoms with Crippen molar-refractivity contribution in [3.05, 3.63) is 29.8 Å². The van der Waals surface area contributed by atoms with E-state index in [1.54, 1.807) is 12.1 Å². The van der Waals surface area contributed by atoms with E-state index < -0.39 is 54.0 Å². The van der Waals surface area contributed by atoms with Gasteiger partial charge in [-0.1, -0.05) is 26.0 Å². The molecule has 0 saturated carbocycles. The Bertz CT molecular complexity index is 848. The molecule has 34 heavy (non-hydrogen) atoms. The molecule has 3 amide bonds. The maximum Gasteiger partial charge on any atom is 0.328 e. The van der Waals surface area contributed by atoms with E-state index in [1.165, 1.54) is 19.1 Å². The number of hydrogen-bond acceptors (Lipinski definition) is 8. The van der Waals surface area contributed by atoms with E-state index in [1.807, 2.05) is 13.8 Å². The SMILES string of the molecule is CC(C)CC(NC(=O)C(N)Cc1ccc(O)cc1)C(=O)NC(CS)C(=O)NC(C(=O)O)C(C)O. The molecule has 5 unspecified atom stereocenters. The van der Waals surface area contributed by atoms with E-state index in [0.29, 0.717) is 0 Å². The summed E-state index contributed by atoms with van der Waals surface area (Å²) < 4.78 is 0. The fourth-order valence-corrected chi connectivity index (χ4v) is 3.33. The van der Waals surface area contributed by atoms with E-state index in [4.69, 9.17) is 10.8 Å². The van der Waals surface area contributed by atoms with Crippen LogP contribution in [0.4, 0.5) is 0 Å². The van der Waals surface area contributed by atoms with Crippen LogP contribution < -0.4 is 21.7 Å². The topological polar surface area (TPSA) is 191 Å². The second-order valence-corrected chi connectivity index (χ2v) is 8.84. The fraction of sp³-hybridized carbons (Fsp3) is 0.545. The van der Waals surface area contributed by atoms with Crippen molar-refractivity contribution in [2.24, 2.45) is 11.7 Å². The van der Waals surface area contributed by atoms with Gasteiger partial charge in [-0.3, -0.25) is 14.4 Å². The van der Waals surface area contributed by atoms with Crippen LogP contribution >= 0.6 is 12.6 Å². The van der Waals surface area contributed by atoms with Crippen LogP contribution in [0.3, 0.4) is 0 Å². The Hall–Kier alpha value is -2.83. The number of aliphatic carboxylic acids is 1. The van der Waals surface area contributed by atoms with E-state index >= 15 is 0 Å². The highest BCUT2D eigenvalue weighted by Gasteiger charge is 2.31. The van der Waals surface area contributed by atoms with E-state index in [9.17, 15) is 29.4 Å². The minimum absolute atomic E-state index is 0.0132. The number of aliphatic hydroxyl groups is 1. The summed E-state index contributed by atoms with van der Waals surface area (Å²) in [6.07, 6.45) is -0.920. The highest BCUT2D eigenvalue weighted by atomic mass is 32.1. The van der Waals surface area contributed by atoms with Crippen molar-refractivity contribution in [1.82, 2.24) is 16.0 Å². The zero-order valence-electron chi connectivity index (χ0n) is 19.4. The zero-order chi connectivity index (χ0) is 26.0. The molecule has 0 aliphatic carbocycles. The number of aliphatic hydroxyl groups excluding tert-OH is 1. The Morgan fingerprint density at radius 1 is 0.941 bits per heavy atom. The lowest BCUT2D eigenvalue weighted by molar-refractivity contribution is -0.145. The first-order chi connectivity index (χ1) is 15.8. The number of carboxylic acid groups (broad SMARTS) is 1. The average molecular weight is 499 g/mol. The molecule has 1 aromatic rings. The minimum atomic E-state index is -1.56. The fourth-order valence-electron chi connectivity index (χ4n) is 3.07. The summed E-state index contributed by atoms with van der Waals surface area (Å²) in [4.78, 5) is 49.2. The van der Waals surface area contributed by atoms with Crippen LogP contribution in [0.2, 0.25) is 0 Å². The molecular formula is C22H34N4O7S. The third-order valence-electron chi connectivity index (χ3n) is 4.93. The molecule has 5 atom stereocenters. The lowest BCUT2D eigenvalue weighted by Crippen LogP contribution is -2.59. The second-order valence-electron chi connectivity index (χ2n) is 8.48. The monoisotopic (exact) mass is 498 g/mol. The molecule has 1 rings (SSSR count). The van der Waals surface area contributed by atoms with E-state index in [0.717, 1.165) is 5.56 Å². The molecule has 0 fully saturated rings. The number of nitrogens with one attached hydrogen (secondary N) is 3. The van der Waals surface area contributed by atoms with Crippen molar-refractivity contribution in [2.75, 3.05) is 5.75 Å². The Balaban J connectivity index is 2.85. The number of aromatic hydroxyl groups is 1. The Morgan fingerprint density at radius 3 is 1.94 bits per heavy atom. The average Bonchev–Trinajstić information content (AvgIpc) is 2.75. The highest BCUT2D eigenvalue weighted by molar-refractivity contribution is 7.80. The van der Waals surface area contributed by atoms with Gasteiger partial charge in [-0.15, -0.1) is 0 Å². The molecule has 8 N–H and O–H groups in total. The summed E-state index contributed by atoms with van der Waals surface area (Å²) in [5.74, 6) is -3.54. The Kier molecular flexibility index (Phi) is 11.8. The third kappa shape index (κ3) is 9.57. The standard InChI is InChI=1S/C22H34N4O7S/c1-11(2)8-16(24-19(29)15(23)9-13-4-6-14(28)7-5-13)20(30)25-17(10-34)21(31)26-18(12(3)27)22(32)33/h4-7,11-12,15-18,27-28,34H,8-10,23H2,1-3H3,(H,24,29)(H,25,30)(H,26,31)(H,32,33). The molecule has 0 aliphatic rings. The predicted octanol–water partition coefficient (Wildman–Crippen LogP) is -0.842. The van der Waals surface area contributed by atoms with Gasteiger partial charge in [0.25, 0.3) is 0 Å². The van der Waals surface area contributed by atoms with Crippen LogP contribution in [0.25, 0.3) is 0 Å². The quantitative estimate of drug-likeness (QED) is 0.161. The van der Waals surface area contributed by atoms with Crippen molar-refractivity contribution >= 4 is 36.3 Å². The summed E-state index contributed by atoms with van der Waals surface area (Å²) in [5.41, 5.74) is 6.72. The van der Waals surface area contributed by atoms with Crippen molar-refractivity contribution < 1.29 is 34.5 Å². The lowest BCUT2D eigenvalue weighted by Gasteiger charge is -2.26. The molecule has 190 valence electrons. The van der Waals surface area contributed by atoms with Gasteiger partial charge in [0.15, 0.2) is 6.04 Å². The molecule has 0 aromatic heterocycles. The van der Waals surface area contributed by atoms with Gasteiger partial charge in [0.05, 0.1) is 12.1 Å². The number of phenolic OH excluding ortho intramolecular Hbond substituents is 1. The molecule has 12 heteroatoms. The minimum Gasteiger partial charge on any atom is -0.508 e. The number of carboxylic acids is 1. The molecule has 1 aromatic carbocycles. The van der Waals surface area contributed by atoms with Gasteiger partial charge in [0.2, 0.25) is 17.7 Å². The molecule has 0 spiro atoms. The van der Waals surface area contributed by atoms with Gasteiger partial charge in [-0.2, -0.15) is 12.6 Å². The first-order valence-corrected chi connectivity index (χ1v) is 11.4. The molecule has 0 saturated heterocycles. The summed E-state index contributed by atoms with van der Waals surface area (Å²) in [6.45, 7) is 4.92. The maximum absolute atomic E-state index is 12.9. The van der Waals surface area contributed by atoms with Crippen molar-refractivity contribution in [3.63, 3.8) is 0 Å². The second kappa shape index (κ2) is 13.8. The number of carbonyl (C=O) groups is 4. The first-order valence-electron chi connectivity index (χ1n) is 10.8. The Morgan fingerprint density at radius 2 is 1.47 bits per heavy atom. The van der Waals surface area contributed by atoms with Crippen molar-refractivity contribution in [1.29, 1.82) is 0 Å². The summed E-state index contributed by atoms with van der Waals surface area (Å²) >= 11 is 4.05. The zero-order valence-corrected chi connectivity index (χ0v) is 20.3. The molecular weight excluding hydrogens is 464 g/mol. The molecule has 0 radical (unpaired) electrons. The highest BCUT2D eigenvalue weighted by Crippen LogP contribution is 2.12. The summed E-state index contributed by atoms with van der Waals surface area (Å²) in [5, 5.41) is 35.3. The van der Waals surface area contributed by atoms with Crippen LogP contribution in [0, 0.1) is 5.92 Å². The summed E-state index contributed by atoms with van der Waals surface area (Å²) in [6, 6.07) is 1.50. The molecule has 0 aliphatic heterocycles. The van der Waals surface area contributed by atoms with Gasteiger partial charge in [-0.25, -0.2) is 4.79 Å². The van der Waals surface area contributed by atoms with Gasteiger partial charge in [0.1, 0.15) is 17.8 Å². The number of benzene rings is 1. The normalized spacial score (nSPS) is 15.5. The van der Waals surface area contributed by atoms with Crippen molar-refractivity contribution in [3.8, 4) is 5.75 Å². The number of nitrogens with two attached hydrogens (primary N) is 1. The van der Waals surface area contributed by atoms with Crippen LogP contribution in [-0.2, 0) is 25.6 Å². The van der Waals surface area contributed by atoms with E-state index in [2.05, 4.69) is 28.6 Å². The molecule has 11 nitrogen and oxygen atoms in total. The Labute approximate surface area is 203 Å². The number of thiol groups is 1. The number of rotatable bonds is 13. The van der Waals surface area contributed by atoms with Crippen LogP contribution in [-0.4, -0.2) is 75.0 Å². The maximum atomic E-state index is 12.9. The number of hydrogen-bond donors (Lipinski definition) is 8. The largest absolute Gasteiger partial charge is 0.508 e. The van der Waals surface area contributed by atoms with Crippen LogP contribution in [0.15, 0.2) is 24.3 Å². The first kappa shape index (κ1) is 29.2. The van der Waals surface area contributed by atoms with Gasteiger partial charge in [-0.05, 0) is 43.4 Å². The molecule has 0 heterocycles. The van der Waals surface area contributed by atoms with Gasteiger partial charge >= 0.3 is 5.97 Å². The van der Waals surface area contributed by atoms with Gasteiger partial charge < -0.3 is 37.0 Å². The number of phenols is 1. The smallest absolute Gasteiger partial charge is 0.328 e. The number of carbonyl (C=O) groups excluding carboxylic acids is 3. The lowest BCUT2D eigenvalue weighted by atomic mass is 10.0. The predicted molar refractivity (Wildman–Crippen MR) is 128 cm³/mol. The van der Waals surface area contributed by atoms with Crippen LogP contribution in [0.1, 0.15) is 32.8 Å². The van der Waals surface area contributed by atoms with Crippen LogP contribution in [0.5, 0.6) is 5.75 Å². The number of amides is 3. The molecule has 0 bridgehead atoms. The van der Waals surface area contributed by atoms with Gasteiger partial charge in [0, 0.05) is 5.75 Å². The summed E-state index contributed by atoms with van der Waals surface area (Å²) in [7, 11) is 0. The van der Waals surface area contributed by atoms with E-state index in [-0.39, 0.29) is 30.3 Å². The van der Waals surface area contributed by atoms with Crippen molar-refractivity contribution in [2.45, 2.75) is 63.9 Å².